The van der Waals surface area contributed by atoms with Crippen LogP contribution in [0.5, 0.6) is 5.75 Å². The Hall–Kier alpha value is -0.870. The number of nitrogens with two attached hydrogens (primary N) is 1. The highest BCUT2D eigenvalue weighted by Crippen LogP contribution is 2.28. The Labute approximate surface area is 90.7 Å². The van der Waals surface area contributed by atoms with Crippen molar-refractivity contribution < 1.29 is 9.13 Å². The quantitative estimate of drug-likeness (QED) is 0.906. The van der Waals surface area contributed by atoms with Gasteiger partial charge in [0.05, 0.1) is 7.11 Å². The van der Waals surface area contributed by atoms with Crippen molar-refractivity contribution >= 4 is 22.0 Å². The molecule has 0 aliphatic rings. The molecule has 76 valence electrons. The highest BCUT2D eigenvalue weighted by molar-refractivity contribution is 9.10. The minimum Gasteiger partial charge on any atom is -0.494 e. The van der Waals surface area contributed by atoms with Crippen molar-refractivity contribution in [3.05, 3.63) is 34.1 Å². The molecule has 2 N–H and O–H groups in total. The molecular weight excluding hydrogens is 249 g/mol. The molecule has 0 unspecified atom stereocenters. The summed E-state index contributed by atoms with van der Waals surface area (Å²) < 4.78 is 19.2. The summed E-state index contributed by atoms with van der Waals surface area (Å²) in [6.45, 7) is 0.378. The average molecular weight is 260 g/mol. The molecule has 14 heavy (non-hydrogen) atoms. The van der Waals surface area contributed by atoms with Gasteiger partial charge in [-0.25, -0.2) is 4.39 Å². The predicted molar refractivity (Wildman–Crippen MR) is 58.7 cm³/mol. The largest absolute Gasteiger partial charge is 0.494 e. The second-order valence-corrected chi connectivity index (χ2v) is 3.47. The van der Waals surface area contributed by atoms with Crippen LogP contribution in [0.3, 0.4) is 0 Å². The smallest absolute Gasteiger partial charge is 0.173 e. The SMILES string of the molecule is COc1ccc(Br)c(/C=C/CN)c1F. The van der Waals surface area contributed by atoms with E-state index in [1.165, 1.54) is 7.11 Å². The third-order valence-corrected chi connectivity index (χ3v) is 2.42. The van der Waals surface area contributed by atoms with Gasteiger partial charge < -0.3 is 10.5 Å². The fourth-order valence-electron chi connectivity index (χ4n) is 1.05. The maximum absolute atomic E-state index is 13.6. The molecule has 0 saturated heterocycles. The van der Waals surface area contributed by atoms with Crippen LogP contribution in [0.4, 0.5) is 4.39 Å². The number of ether oxygens (including phenoxy) is 1. The summed E-state index contributed by atoms with van der Waals surface area (Å²) in [6.07, 6.45) is 3.31. The molecule has 0 atom stereocenters. The third kappa shape index (κ3) is 2.33. The van der Waals surface area contributed by atoms with Crippen LogP contribution in [0.2, 0.25) is 0 Å². The van der Waals surface area contributed by atoms with Crippen LogP contribution in [-0.4, -0.2) is 13.7 Å². The Morgan fingerprint density at radius 2 is 2.29 bits per heavy atom. The van der Waals surface area contributed by atoms with Gasteiger partial charge >= 0.3 is 0 Å². The van der Waals surface area contributed by atoms with E-state index in [1.54, 1.807) is 24.3 Å². The summed E-state index contributed by atoms with van der Waals surface area (Å²) in [5, 5.41) is 0. The van der Waals surface area contributed by atoms with E-state index in [2.05, 4.69) is 15.9 Å². The molecule has 0 aliphatic carbocycles. The zero-order valence-corrected chi connectivity index (χ0v) is 9.34. The normalized spacial score (nSPS) is 10.9. The summed E-state index contributed by atoms with van der Waals surface area (Å²) in [7, 11) is 1.43. The first-order chi connectivity index (χ1) is 6.70. The van der Waals surface area contributed by atoms with Gasteiger partial charge in [0.2, 0.25) is 0 Å². The first kappa shape index (κ1) is 11.2. The number of benzene rings is 1. The summed E-state index contributed by atoms with van der Waals surface area (Å²) >= 11 is 3.25. The highest BCUT2D eigenvalue weighted by atomic mass is 79.9. The van der Waals surface area contributed by atoms with Gasteiger partial charge in [-0.3, -0.25) is 0 Å². The van der Waals surface area contributed by atoms with Crippen LogP contribution < -0.4 is 10.5 Å². The Morgan fingerprint density at radius 1 is 1.57 bits per heavy atom. The lowest BCUT2D eigenvalue weighted by atomic mass is 10.2. The van der Waals surface area contributed by atoms with E-state index < -0.39 is 0 Å². The van der Waals surface area contributed by atoms with Crippen molar-refractivity contribution in [3.63, 3.8) is 0 Å². The zero-order chi connectivity index (χ0) is 10.6. The van der Waals surface area contributed by atoms with Crippen LogP contribution in [0.15, 0.2) is 22.7 Å². The van der Waals surface area contributed by atoms with Gasteiger partial charge in [-0.1, -0.05) is 28.1 Å². The fraction of sp³-hybridized carbons (Fsp3) is 0.200. The predicted octanol–water partition coefficient (Wildman–Crippen LogP) is 2.57. The minimum atomic E-state index is -0.383. The van der Waals surface area contributed by atoms with Crippen molar-refractivity contribution in [3.8, 4) is 5.75 Å². The van der Waals surface area contributed by atoms with Crippen molar-refractivity contribution in [1.82, 2.24) is 0 Å². The van der Waals surface area contributed by atoms with Gasteiger partial charge in [-0.15, -0.1) is 0 Å². The summed E-state index contributed by atoms with van der Waals surface area (Å²) in [6, 6.07) is 3.30. The average Bonchev–Trinajstić information content (AvgIpc) is 2.18. The van der Waals surface area contributed by atoms with Gasteiger partial charge in [0.15, 0.2) is 11.6 Å². The van der Waals surface area contributed by atoms with Crippen LogP contribution >= 0.6 is 15.9 Å². The van der Waals surface area contributed by atoms with Gasteiger partial charge in [-0.05, 0) is 12.1 Å². The molecular formula is C10H11BrFNO. The first-order valence-corrected chi connectivity index (χ1v) is 4.88. The molecule has 0 amide bonds. The molecule has 0 bridgehead atoms. The van der Waals surface area contributed by atoms with E-state index in [4.69, 9.17) is 10.5 Å². The zero-order valence-electron chi connectivity index (χ0n) is 7.76. The topological polar surface area (TPSA) is 35.2 Å². The van der Waals surface area contributed by atoms with Crippen molar-refractivity contribution in [2.24, 2.45) is 5.73 Å². The summed E-state index contributed by atoms with van der Waals surface area (Å²) in [4.78, 5) is 0. The Morgan fingerprint density at radius 3 is 2.86 bits per heavy atom. The van der Waals surface area contributed by atoms with Crippen LogP contribution in [0.25, 0.3) is 6.08 Å². The monoisotopic (exact) mass is 259 g/mol. The Kier molecular flexibility index (Phi) is 4.10. The van der Waals surface area contributed by atoms with Crippen molar-refractivity contribution in [2.75, 3.05) is 13.7 Å². The Balaban J connectivity index is 3.18. The van der Waals surface area contributed by atoms with Crippen LogP contribution in [0.1, 0.15) is 5.56 Å². The molecule has 0 saturated carbocycles. The molecule has 2 nitrogen and oxygen atoms in total. The molecule has 1 aromatic rings. The number of methoxy groups -OCH3 is 1. The third-order valence-electron chi connectivity index (χ3n) is 1.73. The molecule has 0 radical (unpaired) electrons. The lowest BCUT2D eigenvalue weighted by Crippen LogP contribution is -1.95. The van der Waals surface area contributed by atoms with Crippen LogP contribution in [0, 0.1) is 5.82 Å². The number of hydrogen-bond donors (Lipinski definition) is 1. The molecule has 4 heteroatoms. The molecule has 1 rings (SSSR count). The van der Waals surface area contributed by atoms with E-state index in [0.717, 1.165) is 0 Å². The standard InChI is InChI=1S/C10H11BrFNO/c1-14-9-5-4-8(11)7(10(9)12)3-2-6-13/h2-5H,6,13H2,1H3/b3-2+. The molecule has 0 aromatic heterocycles. The second-order valence-electron chi connectivity index (χ2n) is 2.62. The molecule has 0 fully saturated rings. The number of hydrogen-bond acceptors (Lipinski definition) is 2. The molecule has 0 aliphatic heterocycles. The lowest BCUT2D eigenvalue weighted by Gasteiger charge is -2.06. The maximum Gasteiger partial charge on any atom is 0.173 e. The van der Waals surface area contributed by atoms with Crippen LogP contribution in [-0.2, 0) is 0 Å². The summed E-state index contributed by atoms with van der Waals surface area (Å²) in [5.74, 6) is -0.156. The Bertz CT molecular complexity index is 352. The van der Waals surface area contributed by atoms with Gasteiger partial charge in [0, 0.05) is 16.6 Å². The number of rotatable bonds is 3. The van der Waals surface area contributed by atoms with E-state index in [9.17, 15) is 4.39 Å². The van der Waals surface area contributed by atoms with Crippen molar-refractivity contribution in [1.29, 1.82) is 0 Å². The fourth-order valence-corrected chi connectivity index (χ4v) is 1.48. The minimum absolute atomic E-state index is 0.227. The lowest BCUT2D eigenvalue weighted by molar-refractivity contribution is 0.386. The highest BCUT2D eigenvalue weighted by Gasteiger charge is 2.09. The van der Waals surface area contributed by atoms with E-state index >= 15 is 0 Å². The van der Waals surface area contributed by atoms with Gasteiger partial charge in [0.25, 0.3) is 0 Å². The van der Waals surface area contributed by atoms with Gasteiger partial charge in [0.1, 0.15) is 0 Å². The molecule has 1 aromatic carbocycles. The number of halogens is 2. The molecule has 0 heterocycles. The summed E-state index contributed by atoms with van der Waals surface area (Å²) in [5.41, 5.74) is 5.74. The maximum atomic E-state index is 13.6. The molecule has 0 spiro atoms. The van der Waals surface area contributed by atoms with Crippen molar-refractivity contribution in [2.45, 2.75) is 0 Å². The van der Waals surface area contributed by atoms with E-state index in [1.807, 2.05) is 0 Å². The van der Waals surface area contributed by atoms with E-state index in [0.29, 0.717) is 16.6 Å². The van der Waals surface area contributed by atoms with Gasteiger partial charge in [-0.2, -0.15) is 0 Å². The second kappa shape index (κ2) is 5.12. The first-order valence-electron chi connectivity index (χ1n) is 4.09. The van der Waals surface area contributed by atoms with E-state index in [-0.39, 0.29) is 11.6 Å².